The highest BCUT2D eigenvalue weighted by atomic mass is 19.1. The first kappa shape index (κ1) is 19.4. The smallest absolute Gasteiger partial charge is 0.241 e. The van der Waals surface area contributed by atoms with Gasteiger partial charge in [0.1, 0.15) is 5.82 Å². The van der Waals surface area contributed by atoms with Gasteiger partial charge in [0.05, 0.1) is 6.54 Å². The number of aromatic nitrogens is 2. The van der Waals surface area contributed by atoms with Crippen LogP contribution < -0.4 is 5.32 Å². The summed E-state index contributed by atoms with van der Waals surface area (Å²) in [5.74, 6) is 0.864. The molecule has 0 aliphatic carbocycles. The molecule has 1 aromatic heterocycles. The van der Waals surface area contributed by atoms with Crippen LogP contribution in [0.25, 0.3) is 11.4 Å². The Bertz CT molecular complexity index is 727. The number of hydrogen-bond acceptors (Lipinski definition) is 6. The largest absolute Gasteiger partial charge is 0.385 e. The van der Waals surface area contributed by atoms with Gasteiger partial charge in [-0.2, -0.15) is 4.98 Å². The van der Waals surface area contributed by atoms with E-state index in [1.165, 1.54) is 12.1 Å². The van der Waals surface area contributed by atoms with E-state index in [0.29, 0.717) is 31.4 Å². The molecule has 1 amide bonds. The lowest BCUT2D eigenvalue weighted by Crippen LogP contribution is -2.40. The lowest BCUT2D eigenvalue weighted by Gasteiger charge is -2.30. The second kappa shape index (κ2) is 9.57. The Balaban J connectivity index is 1.44. The highest BCUT2D eigenvalue weighted by molar-refractivity contribution is 5.78. The van der Waals surface area contributed by atoms with Crippen LogP contribution in [0.2, 0.25) is 0 Å². The molecular formula is C19H25FN4O3. The van der Waals surface area contributed by atoms with Gasteiger partial charge >= 0.3 is 0 Å². The topological polar surface area (TPSA) is 80.5 Å². The van der Waals surface area contributed by atoms with E-state index in [9.17, 15) is 9.18 Å². The third-order valence-electron chi connectivity index (χ3n) is 4.71. The van der Waals surface area contributed by atoms with Gasteiger partial charge in [-0.15, -0.1) is 0 Å². The van der Waals surface area contributed by atoms with Crippen LogP contribution in [-0.2, 0) is 16.1 Å². The molecule has 0 radical (unpaired) electrons. The first-order chi connectivity index (χ1) is 13.2. The van der Waals surface area contributed by atoms with Gasteiger partial charge in [-0.05, 0) is 56.6 Å². The summed E-state index contributed by atoms with van der Waals surface area (Å²) in [6.07, 6.45) is 2.46. The van der Waals surface area contributed by atoms with Crippen LogP contribution in [0.4, 0.5) is 4.39 Å². The Kier molecular flexibility index (Phi) is 6.89. The molecule has 0 unspecified atom stereocenters. The van der Waals surface area contributed by atoms with Crippen LogP contribution in [0.15, 0.2) is 28.8 Å². The minimum Gasteiger partial charge on any atom is -0.385 e. The van der Waals surface area contributed by atoms with E-state index < -0.39 is 0 Å². The van der Waals surface area contributed by atoms with Crippen LogP contribution >= 0.6 is 0 Å². The lowest BCUT2D eigenvalue weighted by atomic mass is 9.96. The SMILES string of the molecule is COCCCNC(=O)C1CCN(Cc2nc(-c3ccc(F)cc3)no2)CC1. The number of hydrogen-bond donors (Lipinski definition) is 1. The Morgan fingerprint density at radius 1 is 1.33 bits per heavy atom. The van der Waals surface area contributed by atoms with E-state index in [0.717, 1.165) is 37.9 Å². The molecule has 0 bridgehead atoms. The van der Waals surface area contributed by atoms with Gasteiger partial charge < -0.3 is 14.6 Å². The van der Waals surface area contributed by atoms with Crippen LogP contribution in [0.3, 0.4) is 0 Å². The maximum Gasteiger partial charge on any atom is 0.241 e. The third-order valence-corrected chi connectivity index (χ3v) is 4.71. The molecule has 0 saturated carbocycles. The maximum absolute atomic E-state index is 13.0. The number of benzene rings is 1. The molecule has 3 rings (SSSR count). The minimum atomic E-state index is -0.298. The highest BCUT2D eigenvalue weighted by Crippen LogP contribution is 2.20. The monoisotopic (exact) mass is 376 g/mol. The molecule has 2 aromatic rings. The van der Waals surface area contributed by atoms with E-state index in [1.807, 2.05) is 0 Å². The van der Waals surface area contributed by atoms with E-state index in [1.54, 1.807) is 19.2 Å². The van der Waals surface area contributed by atoms with Crippen molar-refractivity contribution in [2.75, 3.05) is 33.4 Å². The van der Waals surface area contributed by atoms with Crippen LogP contribution in [0.5, 0.6) is 0 Å². The first-order valence-corrected chi connectivity index (χ1v) is 9.23. The van der Waals surface area contributed by atoms with Crippen molar-refractivity contribution in [1.82, 2.24) is 20.4 Å². The standard InChI is InChI=1S/C19H25FN4O3/c1-26-12-2-9-21-19(25)15-7-10-24(11-8-15)13-17-22-18(23-27-17)14-3-5-16(20)6-4-14/h3-6,15H,2,7-13H2,1H3,(H,21,25). The predicted molar refractivity (Wildman–Crippen MR) is 97.2 cm³/mol. The number of amides is 1. The summed E-state index contributed by atoms with van der Waals surface area (Å²) in [6.45, 7) is 3.48. The van der Waals surface area contributed by atoms with Crippen molar-refractivity contribution < 1.29 is 18.4 Å². The summed E-state index contributed by atoms with van der Waals surface area (Å²) in [4.78, 5) is 18.8. The molecule has 0 atom stereocenters. The molecular weight excluding hydrogens is 351 g/mol. The van der Waals surface area contributed by atoms with Crippen molar-refractivity contribution >= 4 is 5.91 Å². The first-order valence-electron chi connectivity index (χ1n) is 9.23. The van der Waals surface area contributed by atoms with Crippen molar-refractivity contribution in [3.05, 3.63) is 36.0 Å². The summed E-state index contributed by atoms with van der Waals surface area (Å²) < 4.78 is 23.3. The molecule has 1 N–H and O–H groups in total. The van der Waals surface area contributed by atoms with Gasteiger partial charge in [0.25, 0.3) is 0 Å². The zero-order chi connectivity index (χ0) is 19.1. The highest BCUT2D eigenvalue weighted by Gasteiger charge is 2.25. The van der Waals surface area contributed by atoms with Crippen molar-refractivity contribution in [2.24, 2.45) is 5.92 Å². The summed E-state index contributed by atoms with van der Waals surface area (Å²) in [7, 11) is 1.66. The number of piperidine rings is 1. The second-order valence-corrected chi connectivity index (χ2v) is 6.71. The molecule has 0 spiro atoms. The van der Waals surface area contributed by atoms with Gasteiger partial charge in [0.2, 0.25) is 17.6 Å². The van der Waals surface area contributed by atoms with E-state index in [2.05, 4.69) is 20.4 Å². The summed E-state index contributed by atoms with van der Waals surface area (Å²) in [5, 5.41) is 6.94. The average Bonchev–Trinajstić information content (AvgIpc) is 3.15. The average molecular weight is 376 g/mol. The number of nitrogens with one attached hydrogen (secondary N) is 1. The number of carbonyl (C=O) groups excluding carboxylic acids is 1. The van der Waals surface area contributed by atoms with Crippen molar-refractivity contribution in [3.8, 4) is 11.4 Å². The van der Waals surface area contributed by atoms with Crippen molar-refractivity contribution in [3.63, 3.8) is 0 Å². The van der Waals surface area contributed by atoms with Gasteiger partial charge in [0.15, 0.2) is 0 Å². The molecule has 1 aliphatic rings. The van der Waals surface area contributed by atoms with Crippen LogP contribution in [0, 0.1) is 11.7 Å². The number of nitrogens with zero attached hydrogens (tertiary/aromatic N) is 3. The number of ether oxygens (including phenoxy) is 1. The Labute approximate surface area is 157 Å². The van der Waals surface area contributed by atoms with Gasteiger partial charge in [-0.3, -0.25) is 9.69 Å². The van der Waals surface area contributed by atoms with Gasteiger partial charge in [-0.1, -0.05) is 5.16 Å². The lowest BCUT2D eigenvalue weighted by molar-refractivity contribution is -0.126. The number of halogens is 1. The van der Waals surface area contributed by atoms with Crippen molar-refractivity contribution in [1.29, 1.82) is 0 Å². The zero-order valence-corrected chi connectivity index (χ0v) is 15.5. The Morgan fingerprint density at radius 2 is 2.07 bits per heavy atom. The molecule has 27 heavy (non-hydrogen) atoms. The maximum atomic E-state index is 13.0. The normalized spacial score (nSPS) is 15.8. The van der Waals surface area contributed by atoms with E-state index in [4.69, 9.17) is 9.26 Å². The van der Waals surface area contributed by atoms with E-state index >= 15 is 0 Å². The van der Waals surface area contributed by atoms with Gasteiger partial charge in [0, 0.05) is 31.7 Å². The molecule has 1 fully saturated rings. The fourth-order valence-electron chi connectivity index (χ4n) is 3.15. The minimum absolute atomic E-state index is 0.0567. The summed E-state index contributed by atoms with van der Waals surface area (Å²) >= 11 is 0. The fraction of sp³-hybridized carbons (Fsp3) is 0.526. The molecule has 1 saturated heterocycles. The van der Waals surface area contributed by atoms with E-state index in [-0.39, 0.29) is 17.6 Å². The molecule has 1 aromatic carbocycles. The van der Waals surface area contributed by atoms with Crippen molar-refractivity contribution in [2.45, 2.75) is 25.8 Å². The van der Waals surface area contributed by atoms with Gasteiger partial charge in [-0.25, -0.2) is 4.39 Å². The summed E-state index contributed by atoms with van der Waals surface area (Å²) in [5.41, 5.74) is 0.718. The quantitative estimate of drug-likeness (QED) is 0.712. The summed E-state index contributed by atoms with van der Waals surface area (Å²) in [6, 6.07) is 5.99. The number of rotatable bonds is 8. The molecule has 8 heteroatoms. The number of methoxy groups -OCH3 is 1. The fourth-order valence-corrected chi connectivity index (χ4v) is 3.15. The van der Waals surface area contributed by atoms with Crippen LogP contribution in [0.1, 0.15) is 25.2 Å². The molecule has 1 aliphatic heterocycles. The molecule has 7 nitrogen and oxygen atoms in total. The zero-order valence-electron chi connectivity index (χ0n) is 15.5. The third kappa shape index (κ3) is 5.58. The number of likely N-dealkylation sites (tertiary alicyclic amines) is 1. The predicted octanol–water partition coefficient (Wildman–Crippen LogP) is 2.24. The van der Waals surface area contributed by atoms with Crippen LogP contribution in [-0.4, -0.2) is 54.3 Å². The molecule has 2 heterocycles. The second-order valence-electron chi connectivity index (χ2n) is 6.71. The molecule has 146 valence electrons. The Hall–Kier alpha value is -2.32. The Morgan fingerprint density at radius 3 is 2.78 bits per heavy atom. The number of carbonyl (C=O) groups is 1.